The summed E-state index contributed by atoms with van der Waals surface area (Å²) in [5, 5.41) is 3.14. The van der Waals surface area contributed by atoms with E-state index in [1.165, 1.54) is 0 Å². The molecular formula is C13H15N3OS. The maximum absolute atomic E-state index is 11.6. The number of thiol groups is 1. The summed E-state index contributed by atoms with van der Waals surface area (Å²) in [4.78, 5) is 18.9. The highest BCUT2D eigenvalue weighted by Gasteiger charge is 2.06. The summed E-state index contributed by atoms with van der Waals surface area (Å²) in [7, 11) is 0. The number of nitrogens with zero attached hydrogens (tertiary/aromatic N) is 1. The molecular weight excluding hydrogens is 246 g/mol. The van der Waals surface area contributed by atoms with E-state index in [0.29, 0.717) is 29.5 Å². The van der Waals surface area contributed by atoms with Crippen LogP contribution in [-0.4, -0.2) is 9.97 Å². The highest BCUT2D eigenvalue weighted by atomic mass is 32.1. The van der Waals surface area contributed by atoms with Crippen LogP contribution in [0, 0.1) is 0 Å². The molecule has 0 saturated heterocycles. The fraction of sp³-hybridized carbons (Fsp3) is 0.231. The number of hydrogen-bond donors (Lipinski definition) is 3. The minimum atomic E-state index is -0.208. The number of aromatic nitrogens is 2. The summed E-state index contributed by atoms with van der Waals surface area (Å²) in [6.45, 7) is 2.56. The number of benzene rings is 1. The van der Waals surface area contributed by atoms with E-state index >= 15 is 0 Å². The number of rotatable bonds is 4. The Morgan fingerprint density at radius 3 is 2.72 bits per heavy atom. The van der Waals surface area contributed by atoms with Gasteiger partial charge in [-0.25, -0.2) is 4.98 Å². The second-order valence-corrected chi connectivity index (χ2v) is 4.35. The zero-order valence-electron chi connectivity index (χ0n) is 10.1. The fourth-order valence-corrected chi connectivity index (χ4v) is 1.77. The van der Waals surface area contributed by atoms with Crippen LogP contribution < -0.4 is 10.9 Å². The Bertz CT molecular complexity index is 581. The van der Waals surface area contributed by atoms with E-state index < -0.39 is 0 Å². The number of anilines is 1. The lowest BCUT2D eigenvalue weighted by Gasteiger charge is -2.08. The summed E-state index contributed by atoms with van der Waals surface area (Å²) >= 11 is 4.18. The number of hydrogen-bond acceptors (Lipinski definition) is 4. The molecule has 0 unspecified atom stereocenters. The van der Waals surface area contributed by atoms with Crippen LogP contribution in [0.15, 0.2) is 40.0 Å². The van der Waals surface area contributed by atoms with Crippen molar-refractivity contribution >= 4 is 18.4 Å². The molecule has 0 amide bonds. The smallest absolute Gasteiger partial charge is 0.266 e. The molecule has 0 aliphatic carbocycles. The molecule has 0 aliphatic heterocycles. The molecule has 1 heterocycles. The summed E-state index contributed by atoms with van der Waals surface area (Å²) in [5.74, 6) is 1.19. The number of aryl methyl sites for hydroxylation is 1. The van der Waals surface area contributed by atoms with Crippen molar-refractivity contribution in [2.24, 2.45) is 0 Å². The van der Waals surface area contributed by atoms with E-state index in [2.05, 4.69) is 27.9 Å². The Morgan fingerprint density at radius 2 is 2.06 bits per heavy atom. The molecule has 0 bridgehead atoms. The van der Waals surface area contributed by atoms with E-state index in [0.717, 1.165) is 5.56 Å². The standard InChI is InChI=1S/C13H15N3OS/c1-2-10-15-12(11(18)13(17)16-10)14-8-9-6-4-3-5-7-9/h3-7,18H,2,8H2,1H3,(H2,14,15,16,17). The van der Waals surface area contributed by atoms with Gasteiger partial charge >= 0.3 is 0 Å². The first-order chi connectivity index (χ1) is 8.70. The van der Waals surface area contributed by atoms with Crippen LogP contribution in [0.3, 0.4) is 0 Å². The molecule has 0 radical (unpaired) electrons. The van der Waals surface area contributed by atoms with Gasteiger partial charge in [-0.15, -0.1) is 12.6 Å². The highest BCUT2D eigenvalue weighted by Crippen LogP contribution is 2.13. The molecule has 2 rings (SSSR count). The zero-order chi connectivity index (χ0) is 13.0. The number of nitrogens with one attached hydrogen (secondary N) is 2. The third kappa shape index (κ3) is 2.92. The van der Waals surface area contributed by atoms with E-state index in [1.807, 2.05) is 37.3 Å². The normalized spacial score (nSPS) is 10.3. The van der Waals surface area contributed by atoms with E-state index in [-0.39, 0.29) is 5.56 Å². The van der Waals surface area contributed by atoms with Gasteiger partial charge in [-0.05, 0) is 5.56 Å². The van der Waals surface area contributed by atoms with Crippen molar-refractivity contribution in [2.45, 2.75) is 24.8 Å². The quantitative estimate of drug-likeness (QED) is 0.740. The summed E-state index contributed by atoms with van der Waals surface area (Å²) < 4.78 is 0. The maximum atomic E-state index is 11.6. The van der Waals surface area contributed by atoms with Crippen LogP contribution in [-0.2, 0) is 13.0 Å². The predicted molar refractivity (Wildman–Crippen MR) is 75.3 cm³/mol. The average Bonchev–Trinajstić information content (AvgIpc) is 2.41. The van der Waals surface area contributed by atoms with Gasteiger partial charge in [-0.1, -0.05) is 37.3 Å². The summed E-state index contributed by atoms with van der Waals surface area (Å²) in [6.07, 6.45) is 0.684. The van der Waals surface area contributed by atoms with E-state index in [4.69, 9.17) is 0 Å². The summed E-state index contributed by atoms with van der Waals surface area (Å²) in [6, 6.07) is 9.94. The van der Waals surface area contributed by atoms with E-state index in [9.17, 15) is 4.79 Å². The molecule has 0 spiro atoms. The van der Waals surface area contributed by atoms with Gasteiger partial charge in [0, 0.05) is 13.0 Å². The van der Waals surface area contributed by atoms with Crippen molar-refractivity contribution in [1.82, 2.24) is 9.97 Å². The van der Waals surface area contributed by atoms with Gasteiger partial charge in [0.15, 0.2) is 0 Å². The van der Waals surface area contributed by atoms with Crippen molar-refractivity contribution < 1.29 is 0 Å². The van der Waals surface area contributed by atoms with Gasteiger partial charge in [0.1, 0.15) is 16.5 Å². The minimum Gasteiger partial charge on any atom is -0.365 e. The third-order valence-corrected chi connectivity index (χ3v) is 3.00. The molecule has 2 N–H and O–H groups in total. The van der Waals surface area contributed by atoms with E-state index in [1.54, 1.807) is 0 Å². The maximum Gasteiger partial charge on any atom is 0.266 e. The number of H-pyrrole nitrogens is 1. The third-order valence-electron chi connectivity index (χ3n) is 2.58. The molecule has 0 fully saturated rings. The van der Waals surface area contributed by atoms with Gasteiger partial charge in [0.05, 0.1) is 0 Å². The second-order valence-electron chi connectivity index (χ2n) is 3.90. The molecule has 0 atom stereocenters. The molecule has 0 aliphatic rings. The Morgan fingerprint density at radius 1 is 1.33 bits per heavy atom. The second kappa shape index (κ2) is 5.73. The van der Waals surface area contributed by atoms with Gasteiger partial charge in [-0.2, -0.15) is 0 Å². The Labute approximate surface area is 111 Å². The Kier molecular flexibility index (Phi) is 4.04. The fourth-order valence-electron chi connectivity index (χ4n) is 1.59. The van der Waals surface area contributed by atoms with Crippen molar-refractivity contribution in [1.29, 1.82) is 0 Å². The van der Waals surface area contributed by atoms with Crippen LogP contribution in [0.4, 0.5) is 5.82 Å². The van der Waals surface area contributed by atoms with Crippen molar-refractivity contribution in [3.63, 3.8) is 0 Å². The average molecular weight is 261 g/mol. The first kappa shape index (κ1) is 12.7. The van der Waals surface area contributed by atoms with Crippen LogP contribution in [0.5, 0.6) is 0 Å². The lowest BCUT2D eigenvalue weighted by atomic mass is 10.2. The molecule has 4 nitrogen and oxygen atoms in total. The van der Waals surface area contributed by atoms with Gasteiger partial charge in [0.2, 0.25) is 0 Å². The Balaban J connectivity index is 2.19. The lowest BCUT2D eigenvalue weighted by molar-refractivity contribution is 0.886. The van der Waals surface area contributed by atoms with Crippen LogP contribution >= 0.6 is 12.6 Å². The molecule has 94 valence electrons. The molecule has 5 heteroatoms. The topological polar surface area (TPSA) is 57.8 Å². The number of aromatic amines is 1. The predicted octanol–water partition coefficient (Wildman–Crippen LogP) is 2.23. The molecule has 18 heavy (non-hydrogen) atoms. The molecule has 0 saturated carbocycles. The SMILES string of the molecule is CCc1nc(NCc2ccccc2)c(S)c(=O)[nH]1. The highest BCUT2D eigenvalue weighted by molar-refractivity contribution is 7.80. The molecule has 1 aromatic carbocycles. The van der Waals surface area contributed by atoms with Crippen LogP contribution in [0.25, 0.3) is 0 Å². The van der Waals surface area contributed by atoms with Crippen molar-refractivity contribution in [2.75, 3.05) is 5.32 Å². The largest absolute Gasteiger partial charge is 0.365 e. The zero-order valence-corrected chi connectivity index (χ0v) is 11.0. The van der Waals surface area contributed by atoms with Gasteiger partial charge in [-0.3, -0.25) is 4.79 Å². The van der Waals surface area contributed by atoms with Crippen molar-refractivity contribution in [3.05, 3.63) is 52.1 Å². The first-order valence-corrected chi connectivity index (χ1v) is 6.25. The van der Waals surface area contributed by atoms with Crippen LogP contribution in [0.2, 0.25) is 0 Å². The van der Waals surface area contributed by atoms with Gasteiger partial charge in [0.25, 0.3) is 5.56 Å². The Hall–Kier alpha value is -1.75. The summed E-state index contributed by atoms with van der Waals surface area (Å²) in [5.41, 5.74) is 0.922. The molecule has 1 aromatic heterocycles. The lowest BCUT2D eigenvalue weighted by Crippen LogP contribution is -2.16. The van der Waals surface area contributed by atoms with Crippen LogP contribution in [0.1, 0.15) is 18.3 Å². The monoisotopic (exact) mass is 261 g/mol. The van der Waals surface area contributed by atoms with Gasteiger partial charge < -0.3 is 10.3 Å². The first-order valence-electron chi connectivity index (χ1n) is 5.80. The van der Waals surface area contributed by atoms with Crippen molar-refractivity contribution in [3.8, 4) is 0 Å². The molecule has 2 aromatic rings. The minimum absolute atomic E-state index is 0.208.